The summed E-state index contributed by atoms with van der Waals surface area (Å²) in [7, 11) is 0. The Morgan fingerprint density at radius 1 is 1.09 bits per heavy atom. The van der Waals surface area contributed by atoms with Crippen molar-refractivity contribution in [3.8, 4) is 11.5 Å². The molecule has 32 heavy (non-hydrogen) atoms. The highest BCUT2D eigenvalue weighted by Gasteiger charge is 2.45. The van der Waals surface area contributed by atoms with E-state index in [0.717, 1.165) is 31.2 Å². The molecule has 5 N–H and O–H groups in total. The molecule has 0 aliphatic carbocycles. The molecule has 0 spiro atoms. The predicted molar refractivity (Wildman–Crippen MR) is 122 cm³/mol. The number of aromatic hydroxyl groups is 1. The lowest BCUT2D eigenvalue weighted by Crippen LogP contribution is -2.57. The highest BCUT2D eigenvalue weighted by atomic mass is 16.7. The monoisotopic (exact) mass is 450 g/mol. The third-order valence-electron chi connectivity index (χ3n) is 5.69. The summed E-state index contributed by atoms with van der Waals surface area (Å²) >= 11 is 0. The van der Waals surface area contributed by atoms with Gasteiger partial charge in [-0.2, -0.15) is 0 Å². The number of hydrogen-bond donors (Lipinski definition) is 5. The van der Waals surface area contributed by atoms with E-state index in [1.807, 2.05) is 26.0 Å². The summed E-state index contributed by atoms with van der Waals surface area (Å²) < 4.78 is 11.3. The van der Waals surface area contributed by atoms with Crippen LogP contribution in [0.1, 0.15) is 58.1 Å². The highest BCUT2D eigenvalue weighted by Crippen LogP contribution is 2.35. The van der Waals surface area contributed by atoms with Crippen LogP contribution < -0.4 is 4.74 Å². The molecule has 0 aromatic heterocycles. The van der Waals surface area contributed by atoms with Crippen LogP contribution in [0.5, 0.6) is 11.5 Å². The molecule has 5 atom stereocenters. The van der Waals surface area contributed by atoms with Gasteiger partial charge in [0.15, 0.2) is 6.29 Å². The van der Waals surface area contributed by atoms with E-state index >= 15 is 0 Å². The van der Waals surface area contributed by atoms with Gasteiger partial charge >= 0.3 is 0 Å². The smallest absolute Gasteiger partial charge is 0.210 e. The molecule has 2 rings (SSSR count). The van der Waals surface area contributed by atoms with Gasteiger partial charge in [-0.05, 0) is 64.2 Å². The van der Waals surface area contributed by atoms with Crippen molar-refractivity contribution in [3.63, 3.8) is 0 Å². The fourth-order valence-corrected chi connectivity index (χ4v) is 3.73. The SMILES string of the molecule is CCCc1cc(O)c(C/C=C(\C)CCC=C(C)C)c(OC2O[C@H](O)[C@@H](O)[C@H](O)[C@H]2CO)c1. The minimum absolute atomic E-state index is 0.0942. The van der Waals surface area contributed by atoms with Gasteiger partial charge < -0.3 is 35.0 Å². The summed E-state index contributed by atoms with van der Waals surface area (Å²) in [5.41, 5.74) is 3.90. The number of hydrogen-bond acceptors (Lipinski definition) is 7. The van der Waals surface area contributed by atoms with Gasteiger partial charge in [0.2, 0.25) is 6.29 Å². The number of aliphatic hydroxyl groups is 4. The molecule has 0 saturated carbocycles. The van der Waals surface area contributed by atoms with Gasteiger partial charge in [-0.25, -0.2) is 0 Å². The Kier molecular flexibility index (Phi) is 10.2. The minimum atomic E-state index is -1.65. The average molecular weight is 451 g/mol. The first-order chi connectivity index (χ1) is 15.2. The predicted octanol–water partition coefficient (Wildman–Crippen LogP) is 2.96. The molecule has 1 saturated heterocycles. The average Bonchev–Trinajstić information content (AvgIpc) is 2.71. The summed E-state index contributed by atoms with van der Waals surface area (Å²) in [4.78, 5) is 0. The number of ether oxygens (including phenoxy) is 2. The Labute approximate surface area is 190 Å². The molecule has 1 aromatic rings. The molecule has 7 heteroatoms. The molecule has 1 aliphatic rings. The van der Waals surface area contributed by atoms with E-state index < -0.39 is 37.3 Å². The second-order valence-corrected chi connectivity index (χ2v) is 8.76. The lowest BCUT2D eigenvalue weighted by molar-refractivity contribution is -0.312. The van der Waals surface area contributed by atoms with Gasteiger partial charge in [-0.15, -0.1) is 0 Å². The van der Waals surface area contributed by atoms with Crippen molar-refractivity contribution >= 4 is 0 Å². The van der Waals surface area contributed by atoms with Gasteiger partial charge in [0.25, 0.3) is 0 Å². The lowest BCUT2D eigenvalue weighted by Gasteiger charge is -2.40. The normalized spacial score (nSPS) is 26.1. The first kappa shape index (κ1) is 26.4. The second-order valence-electron chi connectivity index (χ2n) is 8.76. The van der Waals surface area contributed by atoms with E-state index in [1.165, 1.54) is 11.1 Å². The van der Waals surface area contributed by atoms with Crippen LogP contribution >= 0.6 is 0 Å². The topological polar surface area (TPSA) is 120 Å². The van der Waals surface area contributed by atoms with Gasteiger partial charge in [-0.1, -0.05) is 36.6 Å². The van der Waals surface area contributed by atoms with E-state index in [4.69, 9.17) is 9.47 Å². The van der Waals surface area contributed by atoms with Crippen LogP contribution in [-0.4, -0.2) is 56.9 Å². The summed E-state index contributed by atoms with van der Waals surface area (Å²) in [6.45, 7) is 7.71. The van der Waals surface area contributed by atoms with Crippen LogP contribution in [0.2, 0.25) is 0 Å². The van der Waals surface area contributed by atoms with Gasteiger partial charge in [0, 0.05) is 5.56 Å². The Hall–Kier alpha value is -1.90. The number of phenolic OH excluding ortho intramolecular Hbond substituents is 1. The maximum atomic E-state index is 10.7. The van der Waals surface area contributed by atoms with Crippen LogP contribution in [0.3, 0.4) is 0 Å². The van der Waals surface area contributed by atoms with E-state index in [1.54, 1.807) is 6.07 Å². The number of aliphatic hydroxyl groups excluding tert-OH is 4. The summed E-state index contributed by atoms with van der Waals surface area (Å²) in [6, 6.07) is 3.53. The summed E-state index contributed by atoms with van der Waals surface area (Å²) in [6.07, 6.45) is 2.33. The largest absolute Gasteiger partial charge is 0.508 e. The molecule has 1 aliphatic heterocycles. The third-order valence-corrected chi connectivity index (χ3v) is 5.69. The molecule has 0 bridgehead atoms. The van der Waals surface area contributed by atoms with Crippen molar-refractivity contribution in [1.82, 2.24) is 0 Å². The number of allylic oxidation sites excluding steroid dienone is 4. The van der Waals surface area contributed by atoms with Crippen molar-refractivity contribution < 1.29 is 35.0 Å². The van der Waals surface area contributed by atoms with E-state index in [-0.39, 0.29) is 5.75 Å². The molecule has 0 radical (unpaired) electrons. The summed E-state index contributed by atoms with van der Waals surface area (Å²) in [5.74, 6) is -0.502. The zero-order valence-electron chi connectivity index (χ0n) is 19.5. The van der Waals surface area contributed by atoms with E-state index in [2.05, 4.69) is 19.9 Å². The van der Waals surface area contributed by atoms with Gasteiger partial charge in [-0.3, -0.25) is 0 Å². The number of phenols is 1. The molecule has 1 unspecified atom stereocenters. The standard InChI is InChI=1S/C25H38O7/c1-5-7-17-12-20(27)18(11-10-16(4)9-6-8-15(2)3)21(13-17)31-25-19(14-26)22(28)23(29)24(30)32-25/h8,10,12-13,19,22-30H,5-7,9,11,14H2,1-4H3/b16-10+/t19-,22-,23+,24+,25?/m1/s1. The fourth-order valence-electron chi connectivity index (χ4n) is 3.73. The fraction of sp³-hybridized carbons (Fsp3) is 0.600. The number of aryl methyl sites for hydroxylation is 1. The molecule has 1 fully saturated rings. The molecular weight excluding hydrogens is 412 g/mol. The first-order valence-electron chi connectivity index (χ1n) is 11.3. The van der Waals surface area contributed by atoms with Gasteiger partial charge in [0.05, 0.1) is 18.6 Å². The van der Waals surface area contributed by atoms with Crippen molar-refractivity contribution in [2.24, 2.45) is 5.92 Å². The van der Waals surface area contributed by atoms with Crippen molar-refractivity contribution in [2.75, 3.05) is 6.61 Å². The Bertz CT molecular complexity index is 798. The van der Waals surface area contributed by atoms with Crippen LogP contribution in [0.4, 0.5) is 0 Å². The Morgan fingerprint density at radius 3 is 2.44 bits per heavy atom. The Balaban J connectivity index is 2.30. The number of benzene rings is 1. The molecule has 180 valence electrons. The molecular formula is C25H38O7. The van der Waals surface area contributed by atoms with E-state index in [0.29, 0.717) is 17.7 Å². The lowest BCUT2D eigenvalue weighted by atomic mass is 9.94. The molecule has 1 aromatic carbocycles. The number of rotatable bonds is 10. The Morgan fingerprint density at radius 2 is 1.81 bits per heavy atom. The van der Waals surface area contributed by atoms with Crippen LogP contribution in [-0.2, 0) is 17.6 Å². The van der Waals surface area contributed by atoms with E-state index in [9.17, 15) is 25.5 Å². The minimum Gasteiger partial charge on any atom is -0.508 e. The van der Waals surface area contributed by atoms with Crippen LogP contribution in [0, 0.1) is 5.92 Å². The van der Waals surface area contributed by atoms with Crippen molar-refractivity contribution in [3.05, 3.63) is 46.6 Å². The zero-order valence-corrected chi connectivity index (χ0v) is 19.5. The van der Waals surface area contributed by atoms with Crippen molar-refractivity contribution in [2.45, 2.75) is 84.6 Å². The second kappa shape index (κ2) is 12.4. The third kappa shape index (κ3) is 7.05. The maximum Gasteiger partial charge on any atom is 0.210 e. The van der Waals surface area contributed by atoms with Gasteiger partial charge in [0.1, 0.15) is 17.6 Å². The highest BCUT2D eigenvalue weighted by molar-refractivity contribution is 5.48. The molecule has 7 nitrogen and oxygen atoms in total. The maximum absolute atomic E-state index is 10.7. The van der Waals surface area contributed by atoms with Crippen LogP contribution in [0.15, 0.2) is 35.4 Å². The zero-order chi connectivity index (χ0) is 23.8. The molecule has 1 heterocycles. The quantitative estimate of drug-likeness (QED) is 0.348. The first-order valence-corrected chi connectivity index (χ1v) is 11.3. The van der Waals surface area contributed by atoms with Crippen molar-refractivity contribution in [1.29, 1.82) is 0 Å². The van der Waals surface area contributed by atoms with Crippen LogP contribution in [0.25, 0.3) is 0 Å². The molecule has 0 amide bonds. The summed E-state index contributed by atoms with van der Waals surface area (Å²) in [5, 5.41) is 50.4.